The SMILES string of the molecule is C=CCn1c(=O)/c(=C/c2ccccc2OC(F)F)s/c1=C(/C#N)C(=O)NCCc1ccccc1. The Hall–Kier alpha value is -4.03. The monoisotopic (exact) mass is 481 g/mol. The number of alkyl halides is 2. The molecule has 0 aliphatic carbocycles. The molecule has 1 aromatic heterocycles. The van der Waals surface area contributed by atoms with Gasteiger partial charge in [-0.3, -0.25) is 14.2 Å². The number of amides is 1. The molecule has 1 N–H and O–H groups in total. The number of carbonyl (C=O) groups is 1. The van der Waals surface area contributed by atoms with Crippen LogP contribution in [0.2, 0.25) is 0 Å². The van der Waals surface area contributed by atoms with E-state index in [0.717, 1.165) is 16.9 Å². The van der Waals surface area contributed by atoms with Gasteiger partial charge in [-0.1, -0.05) is 54.6 Å². The maximum Gasteiger partial charge on any atom is 0.387 e. The Bertz CT molecular complexity index is 1390. The summed E-state index contributed by atoms with van der Waals surface area (Å²) in [7, 11) is 0. The Morgan fingerprint density at radius 2 is 1.91 bits per heavy atom. The Balaban J connectivity index is 2.02. The molecule has 0 aliphatic heterocycles. The maximum atomic E-state index is 13.0. The van der Waals surface area contributed by atoms with Gasteiger partial charge in [0.25, 0.3) is 11.5 Å². The number of carbonyl (C=O) groups excluding carboxylic acids is 1. The number of hydrogen-bond donors (Lipinski definition) is 1. The number of para-hydroxylation sites is 1. The molecule has 0 aliphatic rings. The lowest BCUT2D eigenvalue weighted by molar-refractivity contribution is -0.115. The molecule has 0 fully saturated rings. The summed E-state index contributed by atoms with van der Waals surface area (Å²) in [6.45, 7) is 0.980. The zero-order valence-electron chi connectivity index (χ0n) is 18.0. The van der Waals surface area contributed by atoms with Crippen molar-refractivity contribution in [3.05, 3.63) is 97.9 Å². The van der Waals surface area contributed by atoms with E-state index in [1.807, 2.05) is 36.4 Å². The van der Waals surface area contributed by atoms with E-state index in [0.29, 0.717) is 13.0 Å². The third-order valence-corrected chi connectivity index (χ3v) is 5.87. The smallest absolute Gasteiger partial charge is 0.387 e. The van der Waals surface area contributed by atoms with Gasteiger partial charge in [0.05, 0.1) is 4.53 Å². The van der Waals surface area contributed by atoms with Crippen molar-refractivity contribution in [2.45, 2.75) is 19.6 Å². The van der Waals surface area contributed by atoms with Crippen molar-refractivity contribution in [1.82, 2.24) is 9.88 Å². The van der Waals surface area contributed by atoms with Crippen molar-refractivity contribution in [1.29, 1.82) is 5.26 Å². The summed E-state index contributed by atoms with van der Waals surface area (Å²) in [4.78, 5) is 25.8. The number of allylic oxidation sites excluding steroid dienone is 1. The zero-order valence-corrected chi connectivity index (χ0v) is 18.9. The molecular weight excluding hydrogens is 460 g/mol. The van der Waals surface area contributed by atoms with Gasteiger partial charge >= 0.3 is 6.61 Å². The number of nitriles is 1. The molecule has 0 bridgehead atoms. The minimum atomic E-state index is -3.02. The van der Waals surface area contributed by atoms with E-state index in [4.69, 9.17) is 0 Å². The fourth-order valence-electron chi connectivity index (χ4n) is 3.19. The molecule has 0 saturated heterocycles. The molecule has 174 valence electrons. The fourth-order valence-corrected chi connectivity index (χ4v) is 4.29. The fraction of sp³-hybridized carbons (Fsp3) is 0.160. The minimum Gasteiger partial charge on any atom is -0.434 e. The molecule has 3 aromatic rings. The zero-order chi connectivity index (χ0) is 24.5. The molecule has 0 radical (unpaired) electrons. The summed E-state index contributed by atoms with van der Waals surface area (Å²) in [6, 6.07) is 17.5. The number of nitrogens with one attached hydrogen (secondary N) is 1. The van der Waals surface area contributed by atoms with Crippen LogP contribution < -0.4 is 24.8 Å². The first-order valence-corrected chi connectivity index (χ1v) is 11.1. The average Bonchev–Trinajstić information content (AvgIpc) is 3.11. The highest BCUT2D eigenvalue weighted by Gasteiger charge is 2.16. The van der Waals surface area contributed by atoms with E-state index in [2.05, 4.69) is 16.6 Å². The molecule has 9 heteroatoms. The Morgan fingerprint density at radius 3 is 2.59 bits per heavy atom. The first-order chi connectivity index (χ1) is 16.4. The number of halogens is 2. The molecule has 34 heavy (non-hydrogen) atoms. The topological polar surface area (TPSA) is 84.1 Å². The van der Waals surface area contributed by atoms with Gasteiger partial charge in [-0.05, 0) is 24.1 Å². The number of ether oxygens (including phenoxy) is 1. The van der Waals surface area contributed by atoms with Crippen LogP contribution >= 0.6 is 11.3 Å². The van der Waals surface area contributed by atoms with Crippen molar-refractivity contribution < 1.29 is 18.3 Å². The molecular formula is C25H21F2N3O3S. The van der Waals surface area contributed by atoms with Gasteiger partial charge < -0.3 is 10.1 Å². The minimum absolute atomic E-state index is 0.0656. The number of aromatic nitrogens is 1. The van der Waals surface area contributed by atoms with Gasteiger partial charge in [-0.25, -0.2) is 0 Å². The van der Waals surface area contributed by atoms with Crippen molar-refractivity contribution in [2.24, 2.45) is 0 Å². The van der Waals surface area contributed by atoms with Gasteiger partial charge in [0.2, 0.25) is 0 Å². The van der Waals surface area contributed by atoms with Crippen LogP contribution in [0.4, 0.5) is 8.78 Å². The van der Waals surface area contributed by atoms with E-state index in [1.54, 1.807) is 6.07 Å². The van der Waals surface area contributed by atoms with Gasteiger partial charge in [-0.15, -0.1) is 17.9 Å². The second kappa shape index (κ2) is 11.7. The second-order valence-electron chi connectivity index (χ2n) is 7.01. The highest BCUT2D eigenvalue weighted by atomic mass is 32.1. The van der Waals surface area contributed by atoms with Crippen LogP contribution in [0, 0.1) is 11.3 Å². The lowest BCUT2D eigenvalue weighted by atomic mass is 10.1. The number of benzene rings is 2. The lowest BCUT2D eigenvalue weighted by Crippen LogP contribution is -2.35. The Kier molecular flexibility index (Phi) is 8.48. The van der Waals surface area contributed by atoms with Gasteiger partial charge in [0, 0.05) is 18.7 Å². The molecule has 1 heterocycles. The Labute approximate surface area is 198 Å². The van der Waals surface area contributed by atoms with Gasteiger partial charge in [0.1, 0.15) is 16.5 Å². The van der Waals surface area contributed by atoms with Crippen LogP contribution in [0.1, 0.15) is 11.1 Å². The molecule has 2 aromatic carbocycles. The van der Waals surface area contributed by atoms with Crippen LogP contribution in [-0.2, 0) is 17.8 Å². The van der Waals surface area contributed by atoms with E-state index in [-0.39, 0.29) is 32.6 Å². The molecule has 0 atom stereocenters. The Morgan fingerprint density at radius 1 is 1.21 bits per heavy atom. The normalized spacial score (nSPS) is 12.2. The first kappa shape index (κ1) is 24.6. The number of nitrogens with zero attached hydrogens (tertiary/aromatic N) is 2. The number of hydrogen-bond acceptors (Lipinski definition) is 5. The van der Waals surface area contributed by atoms with E-state index < -0.39 is 18.1 Å². The van der Waals surface area contributed by atoms with Crippen LogP contribution in [-0.4, -0.2) is 23.6 Å². The molecule has 0 unspecified atom stereocenters. The average molecular weight is 482 g/mol. The van der Waals surface area contributed by atoms with Crippen LogP contribution in [0.25, 0.3) is 11.6 Å². The molecule has 6 nitrogen and oxygen atoms in total. The quantitative estimate of drug-likeness (QED) is 0.476. The summed E-state index contributed by atoms with van der Waals surface area (Å²) < 4.78 is 31.6. The molecule has 1 amide bonds. The summed E-state index contributed by atoms with van der Waals surface area (Å²) in [5, 5.41) is 12.4. The second-order valence-corrected chi connectivity index (χ2v) is 8.05. The van der Waals surface area contributed by atoms with Crippen molar-refractivity contribution in [3.8, 4) is 11.8 Å². The highest BCUT2D eigenvalue weighted by molar-refractivity contribution is 7.07. The maximum absolute atomic E-state index is 13.0. The molecule has 0 spiro atoms. The van der Waals surface area contributed by atoms with E-state index >= 15 is 0 Å². The first-order valence-electron chi connectivity index (χ1n) is 10.3. The molecule has 0 saturated carbocycles. The van der Waals surface area contributed by atoms with E-state index in [9.17, 15) is 23.6 Å². The van der Waals surface area contributed by atoms with Crippen molar-refractivity contribution in [3.63, 3.8) is 0 Å². The predicted molar refractivity (Wildman–Crippen MR) is 127 cm³/mol. The summed E-state index contributed by atoms with van der Waals surface area (Å²) in [5.41, 5.74) is 0.609. The lowest BCUT2D eigenvalue weighted by Gasteiger charge is -2.06. The molecule has 3 rings (SSSR count). The van der Waals surface area contributed by atoms with Crippen LogP contribution in [0.5, 0.6) is 5.75 Å². The van der Waals surface area contributed by atoms with Gasteiger partial charge in [0.15, 0.2) is 5.57 Å². The van der Waals surface area contributed by atoms with Gasteiger partial charge in [-0.2, -0.15) is 14.0 Å². The number of rotatable bonds is 9. The summed E-state index contributed by atoms with van der Waals surface area (Å²) in [5.74, 6) is -0.698. The van der Waals surface area contributed by atoms with Crippen molar-refractivity contribution in [2.75, 3.05) is 6.54 Å². The standard InChI is InChI=1S/C25H21F2N3O3S/c1-2-14-30-23(32)21(15-18-10-6-7-11-20(18)33-25(26)27)34-24(30)19(16-28)22(31)29-13-12-17-8-4-3-5-9-17/h2-11,15,25H,1,12-14H2,(H,29,31)/b21-15-,24-19-. The largest absolute Gasteiger partial charge is 0.434 e. The summed E-state index contributed by atoms with van der Waals surface area (Å²) in [6.07, 6.45) is 3.45. The number of thiazole rings is 1. The highest BCUT2D eigenvalue weighted by Crippen LogP contribution is 2.20. The third kappa shape index (κ3) is 6.05. The van der Waals surface area contributed by atoms with Crippen LogP contribution in [0.15, 0.2) is 72.0 Å². The van der Waals surface area contributed by atoms with Crippen LogP contribution in [0.3, 0.4) is 0 Å². The summed E-state index contributed by atoms with van der Waals surface area (Å²) >= 11 is 0.923. The predicted octanol–water partition coefficient (Wildman–Crippen LogP) is 2.56. The third-order valence-electron chi connectivity index (χ3n) is 4.74. The van der Waals surface area contributed by atoms with Crippen molar-refractivity contribution >= 4 is 28.9 Å². The van der Waals surface area contributed by atoms with E-state index in [1.165, 1.54) is 34.9 Å².